The first-order valence-electron chi connectivity index (χ1n) is 11.2. The summed E-state index contributed by atoms with van der Waals surface area (Å²) in [4.78, 5) is 33.1. The zero-order valence-electron chi connectivity index (χ0n) is 18.1. The van der Waals surface area contributed by atoms with E-state index in [-0.39, 0.29) is 6.42 Å². The monoisotopic (exact) mass is 412 g/mol. The summed E-state index contributed by atoms with van der Waals surface area (Å²) < 4.78 is 4.98. The largest absolute Gasteiger partial charge is 0.481 e. The number of esters is 1. The van der Waals surface area contributed by atoms with Crippen LogP contribution in [-0.2, 0) is 19.1 Å². The second-order valence-corrected chi connectivity index (χ2v) is 7.64. The van der Waals surface area contributed by atoms with E-state index in [1.807, 2.05) is 0 Å². The third-order valence-corrected chi connectivity index (χ3v) is 4.75. The third-order valence-electron chi connectivity index (χ3n) is 4.75. The van der Waals surface area contributed by atoms with Gasteiger partial charge in [0, 0.05) is 6.42 Å². The summed E-state index contributed by atoms with van der Waals surface area (Å²) in [6.45, 7) is 2.24. The maximum atomic E-state index is 11.7. The van der Waals surface area contributed by atoms with E-state index in [1.54, 1.807) is 0 Å². The smallest absolute Gasteiger partial charge is 0.307 e. The van der Waals surface area contributed by atoms with Gasteiger partial charge in [-0.25, -0.2) is 0 Å². The molecule has 0 aromatic heterocycles. The summed E-state index contributed by atoms with van der Waals surface area (Å²) in [5, 5.41) is 17.5. The number of hydrogen-bond acceptors (Lipinski definition) is 4. The average molecular weight is 413 g/mol. The molecule has 6 heteroatoms. The Labute approximate surface area is 175 Å². The van der Waals surface area contributed by atoms with Crippen LogP contribution in [0, 0.1) is 0 Å². The summed E-state index contributed by atoms with van der Waals surface area (Å²) in [6.07, 6.45) is 17.9. The van der Waals surface area contributed by atoms with E-state index < -0.39 is 36.9 Å². The van der Waals surface area contributed by atoms with Crippen LogP contribution in [0.25, 0.3) is 0 Å². The highest BCUT2D eigenvalue weighted by Gasteiger charge is 2.20. The zero-order chi connectivity index (χ0) is 21.7. The Bertz CT molecular complexity index is 456. The first kappa shape index (κ1) is 27.1. The van der Waals surface area contributed by atoms with Crippen LogP contribution in [-0.4, -0.2) is 34.2 Å². The number of carboxylic acid groups (broad SMARTS) is 2. The maximum absolute atomic E-state index is 11.7. The minimum Gasteiger partial charge on any atom is -0.481 e. The van der Waals surface area contributed by atoms with Crippen molar-refractivity contribution in [3.63, 3.8) is 0 Å². The molecule has 6 nitrogen and oxygen atoms in total. The van der Waals surface area contributed by atoms with Gasteiger partial charge in [-0.2, -0.15) is 0 Å². The van der Waals surface area contributed by atoms with Crippen molar-refractivity contribution < 1.29 is 29.3 Å². The summed E-state index contributed by atoms with van der Waals surface area (Å²) in [5.41, 5.74) is 0. The lowest BCUT2D eigenvalue weighted by Crippen LogP contribution is -2.24. The number of rotatable bonds is 20. The molecule has 0 aliphatic carbocycles. The highest BCUT2D eigenvalue weighted by Crippen LogP contribution is 2.12. The van der Waals surface area contributed by atoms with E-state index >= 15 is 0 Å². The van der Waals surface area contributed by atoms with Crippen LogP contribution in [0.4, 0.5) is 0 Å². The zero-order valence-corrected chi connectivity index (χ0v) is 18.1. The topological polar surface area (TPSA) is 101 Å². The number of carbonyl (C=O) groups is 3. The number of aliphatic carboxylic acids is 2. The van der Waals surface area contributed by atoms with E-state index in [1.165, 1.54) is 44.9 Å². The maximum Gasteiger partial charge on any atom is 0.307 e. The van der Waals surface area contributed by atoms with Crippen LogP contribution in [0.3, 0.4) is 0 Å². The Kier molecular flexibility index (Phi) is 18.2. The van der Waals surface area contributed by atoms with Gasteiger partial charge in [-0.15, -0.1) is 0 Å². The molecule has 0 saturated heterocycles. The molecule has 0 spiro atoms. The predicted octanol–water partition coefficient (Wildman–Crippen LogP) is 5.89. The van der Waals surface area contributed by atoms with Crippen LogP contribution in [0.15, 0.2) is 12.2 Å². The normalized spacial score (nSPS) is 11.2. The van der Waals surface area contributed by atoms with E-state index in [2.05, 4.69) is 19.1 Å². The van der Waals surface area contributed by atoms with E-state index in [0.29, 0.717) is 6.42 Å². The van der Waals surface area contributed by atoms with Crippen LogP contribution >= 0.6 is 0 Å². The number of ether oxygens (including phenoxy) is 1. The Morgan fingerprint density at radius 3 is 1.66 bits per heavy atom. The lowest BCUT2D eigenvalue weighted by molar-refractivity contribution is -0.156. The molecule has 168 valence electrons. The molecular weight excluding hydrogens is 372 g/mol. The summed E-state index contributed by atoms with van der Waals surface area (Å²) >= 11 is 0. The molecular formula is C23H40O6. The molecule has 0 aromatic carbocycles. The van der Waals surface area contributed by atoms with E-state index in [0.717, 1.165) is 32.1 Å². The molecule has 0 heterocycles. The van der Waals surface area contributed by atoms with Crippen molar-refractivity contribution in [2.75, 3.05) is 0 Å². The van der Waals surface area contributed by atoms with Gasteiger partial charge in [-0.05, 0) is 32.1 Å². The van der Waals surface area contributed by atoms with Gasteiger partial charge in [-0.3, -0.25) is 14.4 Å². The molecule has 0 unspecified atom stereocenters. The first-order valence-corrected chi connectivity index (χ1v) is 11.2. The van der Waals surface area contributed by atoms with Crippen LogP contribution in [0.1, 0.15) is 110 Å². The van der Waals surface area contributed by atoms with Gasteiger partial charge in [0.05, 0.1) is 12.8 Å². The summed E-state index contributed by atoms with van der Waals surface area (Å²) in [7, 11) is 0. The molecule has 0 bridgehead atoms. The molecule has 29 heavy (non-hydrogen) atoms. The molecule has 0 aliphatic rings. The van der Waals surface area contributed by atoms with E-state index in [4.69, 9.17) is 14.9 Å². The third kappa shape index (κ3) is 20.7. The summed E-state index contributed by atoms with van der Waals surface area (Å²) in [5.74, 6) is -2.87. The lowest BCUT2D eigenvalue weighted by atomic mass is 10.1. The van der Waals surface area contributed by atoms with Gasteiger partial charge in [0.1, 0.15) is 6.10 Å². The molecule has 0 fully saturated rings. The molecule has 0 saturated carbocycles. The Balaban J connectivity index is 3.56. The number of unbranched alkanes of at least 4 members (excludes halogenated alkanes) is 11. The van der Waals surface area contributed by atoms with Crippen molar-refractivity contribution in [3.8, 4) is 0 Å². The number of allylic oxidation sites excluding steroid dienone is 2. The fraction of sp³-hybridized carbons (Fsp3) is 0.783. The highest BCUT2D eigenvalue weighted by molar-refractivity contribution is 5.74. The molecule has 0 amide bonds. The second-order valence-electron chi connectivity index (χ2n) is 7.64. The van der Waals surface area contributed by atoms with Crippen molar-refractivity contribution >= 4 is 17.9 Å². The summed E-state index contributed by atoms with van der Waals surface area (Å²) in [6, 6.07) is 0. The SMILES string of the molecule is CCCCCCCC/C=C\CCCCCCCC(=O)OC(CC(=O)O)CC(=O)O. The minimum atomic E-state index is -1.18. The van der Waals surface area contributed by atoms with Crippen molar-refractivity contribution in [1.29, 1.82) is 0 Å². The molecule has 0 atom stereocenters. The van der Waals surface area contributed by atoms with Gasteiger partial charge in [0.15, 0.2) is 0 Å². The fourth-order valence-electron chi connectivity index (χ4n) is 3.13. The Morgan fingerprint density at radius 1 is 0.724 bits per heavy atom. The second kappa shape index (κ2) is 19.5. The molecule has 0 rings (SSSR count). The standard InChI is InChI=1S/C23H40O6/c1-2-3-4-5-6-7-8-9-10-11-12-13-14-15-16-17-23(28)29-20(18-21(24)25)19-22(26)27/h9-10,20H,2-8,11-19H2,1H3,(H,24,25)(H,26,27)/b10-9-. The number of carboxylic acids is 2. The average Bonchev–Trinajstić information content (AvgIpc) is 2.63. The van der Waals surface area contributed by atoms with Crippen LogP contribution in [0.2, 0.25) is 0 Å². The first-order chi connectivity index (χ1) is 14.0. The van der Waals surface area contributed by atoms with Crippen molar-refractivity contribution in [2.45, 2.75) is 116 Å². The van der Waals surface area contributed by atoms with Crippen LogP contribution < -0.4 is 0 Å². The number of hydrogen-bond donors (Lipinski definition) is 2. The number of carbonyl (C=O) groups excluding carboxylic acids is 1. The van der Waals surface area contributed by atoms with Crippen molar-refractivity contribution in [3.05, 3.63) is 12.2 Å². The van der Waals surface area contributed by atoms with Gasteiger partial charge in [-0.1, -0.05) is 70.4 Å². The van der Waals surface area contributed by atoms with Crippen molar-refractivity contribution in [1.82, 2.24) is 0 Å². The molecule has 0 aliphatic heterocycles. The van der Waals surface area contributed by atoms with E-state index in [9.17, 15) is 14.4 Å². The van der Waals surface area contributed by atoms with Crippen molar-refractivity contribution in [2.24, 2.45) is 0 Å². The minimum absolute atomic E-state index is 0.202. The Hall–Kier alpha value is -1.85. The quantitative estimate of drug-likeness (QED) is 0.147. The predicted molar refractivity (Wildman–Crippen MR) is 114 cm³/mol. The van der Waals surface area contributed by atoms with Crippen LogP contribution in [0.5, 0.6) is 0 Å². The van der Waals surface area contributed by atoms with Gasteiger partial charge in [0.2, 0.25) is 0 Å². The molecule has 0 radical (unpaired) electrons. The van der Waals surface area contributed by atoms with Gasteiger partial charge >= 0.3 is 17.9 Å². The highest BCUT2D eigenvalue weighted by atomic mass is 16.5. The fourth-order valence-corrected chi connectivity index (χ4v) is 3.13. The Morgan fingerprint density at radius 2 is 1.17 bits per heavy atom. The molecule has 2 N–H and O–H groups in total. The van der Waals surface area contributed by atoms with Gasteiger partial charge < -0.3 is 14.9 Å². The van der Waals surface area contributed by atoms with Gasteiger partial charge in [0.25, 0.3) is 0 Å². The lowest BCUT2D eigenvalue weighted by Gasteiger charge is -2.14. The molecule has 0 aromatic rings.